The number of hydrogen-bond acceptors (Lipinski definition) is 4. The van der Waals surface area contributed by atoms with Gasteiger partial charge in [-0.2, -0.15) is 0 Å². The molecule has 1 saturated heterocycles. The van der Waals surface area contributed by atoms with Crippen LogP contribution < -0.4 is 4.74 Å². The number of nitrogens with zero attached hydrogens (tertiary/aromatic N) is 2. The van der Waals surface area contributed by atoms with E-state index in [9.17, 15) is 14.4 Å². The van der Waals surface area contributed by atoms with E-state index in [2.05, 4.69) is 26.8 Å². The van der Waals surface area contributed by atoms with E-state index in [1.54, 1.807) is 0 Å². The van der Waals surface area contributed by atoms with Crippen LogP contribution in [0.3, 0.4) is 0 Å². The molecule has 1 heterocycles. The van der Waals surface area contributed by atoms with Gasteiger partial charge in [-0.15, -0.1) is 0 Å². The molecule has 0 aliphatic carbocycles. The second-order valence-electron chi connectivity index (χ2n) is 8.82. The van der Waals surface area contributed by atoms with Gasteiger partial charge in [-0.3, -0.25) is 19.4 Å². The van der Waals surface area contributed by atoms with Gasteiger partial charge in [0.15, 0.2) is 0 Å². The molecule has 6 nitrogen and oxygen atoms in total. The molecule has 1 aliphatic rings. The molecule has 0 N–H and O–H groups in total. The Morgan fingerprint density at radius 1 is 0.935 bits per heavy atom. The number of carbonyl (C=O) groups is 3. The van der Waals surface area contributed by atoms with Crippen molar-refractivity contribution >= 4 is 23.9 Å². The van der Waals surface area contributed by atoms with Gasteiger partial charge >= 0.3 is 6.03 Å². The lowest BCUT2D eigenvalue weighted by Crippen LogP contribution is -2.52. The lowest BCUT2D eigenvalue weighted by molar-refractivity contribution is -0.134. The van der Waals surface area contributed by atoms with Crippen LogP contribution in [0.1, 0.15) is 43.0 Å². The predicted molar refractivity (Wildman–Crippen MR) is 120 cm³/mol. The molecule has 2 aromatic rings. The Balaban J connectivity index is 2.13. The van der Waals surface area contributed by atoms with E-state index in [1.165, 1.54) is 20.2 Å². The van der Waals surface area contributed by atoms with Crippen molar-refractivity contribution in [3.63, 3.8) is 0 Å². The molecule has 6 heteroatoms. The summed E-state index contributed by atoms with van der Waals surface area (Å²) in [6.07, 6.45) is 1.53. The number of hydrogen-bond donors (Lipinski definition) is 0. The number of amides is 4. The molecule has 0 atom stereocenters. The fourth-order valence-electron chi connectivity index (χ4n) is 3.49. The third-order valence-corrected chi connectivity index (χ3v) is 5.24. The topological polar surface area (TPSA) is 66.9 Å². The van der Waals surface area contributed by atoms with Gasteiger partial charge in [-0.1, -0.05) is 57.2 Å². The van der Waals surface area contributed by atoms with Gasteiger partial charge < -0.3 is 4.74 Å². The molecule has 0 aromatic heterocycles. The van der Waals surface area contributed by atoms with Crippen molar-refractivity contribution in [2.45, 2.75) is 39.7 Å². The standard InChI is InChI=1S/C25H28N2O4/c1-16-12-18(14-19-22(28)26(5)24(30)27(6)23(19)29)21(20(13-16)25(2,3)4)31-15-17-10-8-7-9-11-17/h7-14H,15H2,1-6H3. The van der Waals surface area contributed by atoms with Crippen LogP contribution in [0, 0.1) is 6.92 Å². The van der Waals surface area contributed by atoms with Crippen molar-refractivity contribution in [2.24, 2.45) is 0 Å². The highest BCUT2D eigenvalue weighted by atomic mass is 16.5. The molecule has 0 unspecified atom stereocenters. The molecule has 2 aromatic carbocycles. The van der Waals surface area contributed by atoms with E-state index < -0.39 is 17.8 Å². The minimum absolute atomic E-state index is 0.0698. The Kier molecular flexibility index (Phi) is 6.02. The molecular weight excluding hydrogens is 392 g/mol. The monoisotopic (exact) mass is 420 g/mol. The van der Waals surface area contributed by atoms with Gasteiger partial charge in [0.1, 0.15) is 17.9 Å². The second kappa shape index (κ2) is 8.38. The highest BCUT2D eigenvalue weighted by molar-refractivity contribution is 6.30. The largest absolute Gasteiger partial charge is 0.488 e. The summed E-state index contributed by atoms with van der Waals surface area (Å²) in [5.41, 5.74) is 3.31. The number of likely N-dealkylation sites (N-methyl/N-ethyl adjacent to an activating group) is 2. The van der Waals surface area contributed by atoms with Crippen molar-refractivity contribution in [1.82, 2.24) is 9.80 Å². The zero-order chi connectivity index (χ0) is 22.9. The smallest absolute Gasteiger partial charge is 0.333 e. The van der Waals surface area contributed by atoms with Crippen LogP contribution >= 0.6 is 0 Å². The van der Waals surface area contributed by atoms with Crippen molar-refractivity contribution in [1.29, 1.82) is 0 Å². The first kappa shape index (κ1) is 22.3. The number of urea groups is 1. The Labute approximate surface area is 183 Å². The number of benzene rings is 2. The van der Waals surface area contributed by atoms with E-state index in [1.807, 2.05) is 43.3 Å². The van der Waals surface area contributed by atoms with Crippen molar-refractivity contribution < 1.29 is 19.1 Å². The van der Waals surface area contributed by atoms with Crippen molar-refractivity contribution in [3.8, 4) is 5.75 Å². The number of rotatable bonds is 4. The summed E-state index contributed by atoms with van der Waals surface area (Å²) in [5.74, 6) is -0.626. The minimum Gasteiger partial charge on any atom is -0.488 e. The first-order chi connectivity index (χ1) is 14.5. The van der Waals surface area contributed by atoms with Gasteiger partial charge in [0.25, 0.3) is 11.8 Å². The molecular formula is C25H28N2O4. The zero-order valence-electron chi connectivity index (χ0n) is 18.9. The van der Waals surface area contributed by atoms with Crippen LogP contribution in [0.2, 0.25) is 0 Å². The normalized spacial score (nSPS) is 14.9. The van der Waals surface area contributed by atoms with Crippen LogP contribution in [0.15, 0.2) is 48.0 Å². The fraction of sp³-hybridized carbons (Fsp3) is 0.320. The lowest BCUT2D eigenvalue weighted by Gasteiger charge is -2.29. The summed E-state index contributed by atoms with van der Waals surface area (Å²) in [4.78, 5) is 39.4. The average Bonchev–Trinajstić information content (AvgIpc) is 2.73. The molecule has 0 bridgehead atoms. The summed E-state index contributed by atoms with van der Waals surface area (Å²) in [6.45, 7) is 8.58. The summed E-state index contributed by atoms with van der Waals surface area (Å²) >= 11 is 0. The fourth-order valence-corrected chi connectivity index (χ4v) is 3.49. The van der Waals surface area contributed by atoms with Crippen LogP contribution in [0.25, 0.3) is 6.08 Å². The molecule has 0 radical (unpaired) electrons. The number of barbiturate groups is 1. The number of ether oxygens (including phenoxy) is 1. The Morgan fingerprint density at radius 3 is 2.06 bits per heavy atom. The maximum absolute atomic E-state index is 12.7. The predicted octanol–water partition coefficient (Wildman–Crippen LogP) is 4.31. The number of aryl methyl sites for hydroxylation is 1. The highest BCUT2D eigenvalue weighted by Crippen LogP contribution is 2.37. The first-order valence-corrected chi connectivity index (χ1v) is 10.1. The van der Waals surface area contributed by atoms with Gasteiger partial charge in [0.2, 0.25) is 0 Å². The molecule has 4 amide bonds. The zero-order valence-corrected chi connectivity index (χ0v) is 18.9. The lowest BCUT2D eigenvalue weighted by atomic mass is 9.83. The highest BCUT2D eigenvalue weighted by Gasteiger charge is 2.38. The summed E-state index contributed by atoms with van der Waals surface area (Å²) in [5, 5.41) is 0. The van der Waals surface area contributed by atoms with E-state index in [0.717, 1.165) is 26.5 Å². The van der Waals surface area contributed by atoms with Gasteiger partial charge in [0, 0.05) is 25.2 Å². The maximum Gasteiger partial charge on any atom is 0.333 e. The average molecular weight is 421 g/mol. The van der Waals surface area contributed by atoms with E-state index >= 15 is 0 Å². The molecule has 1 fully saturated rings. The summed E-state index contributed by atoms with van der Waals surface area (Å²) in [7, 11) is 2.73. The van der Waals surface area contributed by atoms with E-state index in [4.69, 9.17) is 4.74 Å². The Bertz CT molecular complexity index is 1040. The Hall–Kier alpha value is -3.41. The molecule has 1 aliphatic heterocycles. The van der Waals surface area contributed by atoms with Crippen molar-refractivity contribution in [2.75, 3.05) is 14.1 Å². The molecule has 3 rings (SSSR count). The molecule has 31 heavy (non-hydrogen) atoms. The Morgan fingerprint density at radius 2 is 1.52 bits per heavy atom. The van der Waals surface area contributed by atoms with Crippen LogP contribution in [-0.2, 0) is 21.6 Å². The maximum atomic E-state index is 12.7. The van der Waals surface area contributed by atoms with E-state index in [0.29, 0.717) is 17.9 Å². The van der Waals surface area contributed by atoms with Crippen LogP contribution in [0.5, 0.6) is 5.75 Å². The molecule has 0 saturated carbocycles. The van der Waals surface area contributed by atoms with Gasteiger partial charge in [-0.25, -0.2) is 4.79 Å². The van der Waals surface area contributed by atoms with Gasteiger partial charge in [0.05, 0.1) is 0 Å². The molecule has 162 valence electrons. The van der Waals surface area contributed by atoms with Crippen molar-refractivity contribution in [3.05, 3.63) is 70.3 Å². The summed E-state index contributed by atoms with van der Waals surface area (Å²) in [6, 6.07) is 13.1. The third kappa shape index (κ3) is 4.53. The van der Waals surface area contributed by atoms with Crippen LogP contribution in [-0.4, -0.2) is 41.7 Å². The number of carbonyl (C=O) groups excluding carboxylic acids is 3. The van der Waals surface area contributed by atoms with E-state index in [-0.39, 0.29) is 11.0 Å². The van der Waals surface area contributed by atoms with Gasteiger partial charge in [-0.05, 0) is 35.6 Å². The first-order valence-electron chi connectivity index (χ1n) is 10.1. The minimum atomic E-state index is -0.646. The number of imide groups is 2. The SMILES string of the molecule is Cc1cc(C=C2C(=O)N(C)C(=O)N(C)C2=O)c(OCc2ccccc2)c(C(C)(C)C)c1. The molecule has 0 spiro atoms. The summed E-state index contributed by atoms with van der Waals surface area (Å²) < 4.78 is 6.26. The second-order valence-corrected chi connectivity index (χ2v) is 8.82. The van der Waals surface area contributed by atoms with Crippen LogP contribution in [0.4, 0.5) is 4.79 Å². The third-order valence-electron chi connectivity index (χ3n) is 5.24. The quantitative estimate of drug-likeness (QED) is 0.546.